The molecule has 2 aromatic carbocycles. The smallest absolute Gasteiger partial charge is 0.312 e. The molecule has 8 heteroatoms. The van der Waals surface area contributed by atoms with Crippen LogP contribution in [0, 0.1) is 18.3 Å². The van der Waals surface area contributed by atoms with Gasteiger partial charge in [0.2, 0.25) is 12.0 Å². The van der Waals surface area contributed by atoms with Crippen LogP contribution in [-0.4, -0.2) is 61.8 Å². The molecule has 2 aliphatic heterocycles. The summed E-state index contributed by atoms with van der Waals surface area (Å²) < 4.78 is 6.54. The lowest BCUT2D eigenvalue weighted by Gasteiger charge is -2.33. The fraction of sp³-hybridized carbons (Fsp3) is 0.429. The molecule has 0 aliphatic carbocycles. The fourth-order valence-electron chi connectivity index (χ4n) is 4.49. The summed E-state index contributed by atoms with van der Waals surface area (Å²) in [7, 11) is 6.00. The maximum absolute atomic E-state index is 13.8. The molecule has 1 saturated heterocycles. The van der Waals surface area contributed by atoms with Gasteiger partial charge < -0.3 is 14.1 Å². The van der Waals surface area contributed by atoms with Crippen LogP contribution in [0.1, 0.15) is 43.6 Å². The van der Waals surface area contributed by atoms with E-state index in [4.69, 9.17) is 9.57 Å². The van der Waals surface area contributed by atoms with Gasteiger partial charge in [-0.15, -0.1) is 0 Å². The number of ether oxygens (including phenoxy) is 1. The second-order valence-corrected chi connectivity index (χ2v) is 11.5. The zero-order valence-corrected chi connectivity index (χ0v) is 21.9. The Hall–Kier alpha value is -3.52. The molecular weight excluding hydrogens is 458 g/mol. The highest BCUT2D eigenvalue weighted by Gasteiger charge is 2.57. The first-order valence-corrected chi connectivity index (χ1v) is 12.1. The minimum absolute atomic E-state index is 0.355. The summed E-state index contributed by atoms with van der Waals surface area (Å²) in [6.45, 7) is 7.69. The average Bonchev–Trinajstić information content (AvgIpc) is 3.32. The van der Waals surface area contributed by atoms with E-state index in [1.54, 1.807) is 20.8 Å². The van der Waals surface area contributed by atoms with Crippen LogP contribution in [-0.2, 0) is 24.0 Å². The summed E-state index contributed by atoms with van der Waals surface area (Å²) >= 11 is 0. The van der Waals surface area contributed by atoms with Crippen LogP contribution in [0.2, 0.25) is 0 Å². The molecule has 36 heavy (non-hydrogen) atoms. The minimum atomic E-state index is -1.02. The van der Waals surface area contributed by atoms with Crippen LogP contribution in [0.5, 0.6) is 0 Å². The highest BCUT2D eigenvalue weighted by molar-refractivity contribution is 6.32. The van der Waals surface area contributed by atoms with E-state index >= 15 is 0 Å². The molecule has 0 N–H and O–H groups in total. The first-order valence-electron chi connectivity index (χ1n) is 12.1. The quantitative estimate of drug-likeness (QED) is 0.349. The molecule has 2 amide bonds. The summed E-state index contributed by atoms with van der Waals surface area (Å²) in [5.74, 6) is -2.05. The SMILES string of the molecule is Cc1cccc(C(C[N+](C)(C)C)OC(=O)C(C)(C)C)c1N1C(=O)[C@H]2C(c3ccccc3)=NO[C@H]2C1=O. The van der Waals surface area contributed by atoms with E-state index in [1.165, 1.54) is 4.90 Å². The molecule has 4 rings (SSSR count). The number of oxime groups is 1. The largest absolute Gasteiger partial charge is 0.451 e. The standard InChI is InChI=1S/C28H34N3O5/c1-17-12-11-15-19(20(16-31(5,6)7)35-27(34)28(2,3)4)23(17)30-25(32)21-22(18-13-9-8-10-14-18)29-36-24(21)26(30)33/h8-15,20-21,24H,16H2,1-7H3/q+1/t20?,21-,24+/m0/s1. The van der Waals surface area contributed by atoms with Crippen molar-refractivity contribution in [1.29, 1.82) is 0 Å². The van der Waals surface area contributed by atoms with E-state index in [9.17, 15) is 14.4 Å². The molecule has 1 unspecified atom stereocenters. The zero-order valence-electron chi connectivity index (χ0n) is 21.9. The van der Waals surface area contributed by atoms with E-state index in [0.29, 0.717) is 28.0 Å². The van der Waals surface area contributed by atoms with Crippen LogP contribution in [0.25, 0.3) is 0 Å². The fourth-order valence-corrected chi connectivity index (χ4v) is 4.49. The predicted octanol–water partition coefficient (Wildman–Crippen LogP) is 3.62. The van der Waals surface area contributed by atoms with Gasteiger partial charge in [-0.2, -0.15) is 0 Å². The third-order valence-electron chi connectivity index (χ3n) is 6.30. The molecule has 190 valence electrons. The zero-order chi connectivity index (χ0) is 26.4. The van der Waals surface area contributed by atoms with Crippen molar-refractivity contribution in [3.63, 3.8) is 0 Å². The van der Waals surface area contributed by atoms with Crippen LogP contribution in [0.15, 0.2) is 53.7 Å². The van der Waals surface area contributed by atoms with Gasteiger partial charge >= 0.3 is 5.97 Å². The van der Waals surface area contributed by atoms with Gasteiger partial charge in [-0.3, -0.25) is 14.4 Å². The van der Waals surface area contributed by atoms with Crippen LogP contribution in [0.3, 0.4) is 0 Å². The second kappa shape index (κ2) is 9.17. The molecule has 0 aromatic heterocycles. The number of likely N-dealkylation sites (N-methyl/N-ethyl adjacent to an activating group) is 1. The van der Waals surface area contributed by atoms with Gasteiger partial charge in [0.05, 0.1) is 32.2 Å². The number of aryl methyl sites for hydroxylation is 1. The highest BCUT2D eigenvalue weighted by Crippen LogP contribution is 2.41. The number of esters is 1. The van der Waals surface area contributed by atoms with Gasteiger partial charge in [-0.1, -0.05) is 53.7 Å². The Balaban J connectivity index is 1.77. The van der Waals surface area contributed by atoms with Gasteiger partial charge in [-0.25, -0.2) is 4.90 Å². The molecule has 3 atom stereocenters. The van der Waals surface area contributed by atoms with Crippen LogP contribution < -0.4 is 4.90 Å². The Bertz CT molecular complexity index is 1220. The number of rotatable bonds is 6. The Morgan fingerprint density at radius 1 is 1.06 bits per heavy atom. The highest BCUT2D eigenvalue weighted by atomic mass is 16.7. The number of para-hydroxylation sites is 1. The third kappa shape index (κ3) is 4.78. The third-order valence-corrected chi connectivity index (χ3v) is 6.30. The second-order valence-electron chi connectivity index (χ2n) is 11.5. The molecular formula is C28H34N3O5+. The van der Waals surface area contributed by atoms with Gasteiger partial charge in [0.25, 0.3) is 5.91 Å². The summed E-state index contributed by atoms with van der Waals surface area (Å²) in [6, 6.07) is 14.8. The normalized spacial score (nSPS) is 20.6. The number of quaternary nitrogens is 1. The lowest BCUT2D eigenvalue weighted by atomic mass is 9.94. The lowest BCUT2D eigenvalue weighted by molar-refractivity contribution is -0.874. The number of nitrogens with zero attached hydrogens (tertiary/aromatic N) is 3. The molecule has 1 fully saturated rings. The number of benzene rings is 2. The van der Waals surface area contributed by atoms with E-state index in [2.05, 4.69) is 5.16 Å². The molecule has 2 heterocycles. The summed E-state index contributed by atoms with van der Waals surface area (Å²) in [4.78, 5) is 47.0. The minimum Gasteiger partial charge on any atom is -0.451 e. The van der Waals surface area contributed by atoms with Crippen LogP contribution in [0.4, 0.5) is 5.69 Å². The number of amides is 2. The molecule has 0 radical (unpaired) electrons. The van der Waals surface area contributed by atoms with E-state index in [-0.39, 0.29) is 5.97 Å². The van der Waals surface area contributed by atoms with Crippen molar-refractivity contribution < 1.29 is 28.4 Å². The van der Waals surface area contributed by atoms with Gasteiger partial charge in [-0.05, 0) is 33.3 Å². The average molecular weight is 493 g/mol. The maximum atomic E-state index is 13.8. The Morgan fingerprint density at radius 3 is 2.33 bits per heavy atom. The van der Waals surface area contributed by atoms with Gasteiger partial charge in [0.1, 0.15) is 18.2 Å². The number of hydrogen-bond donors (Lipinski definition) is 0. The van der Waals surface area contributed by atoms with Crippen molar-refractivity contribution in [3.05, 3.63) is 65.2 Å². The number of carbonyl (C=O) groups is 3. The van der Waals surface area contributed by atoms with Crippen molar-refractivity contribution in [3.8, 4) is 0 Å². The first-order chi connectivity index (χ1) is 16.8. The monoisotopic (exact) mass is 492 g/mol. The van der Waals surface area contributed by atoms with E-state index < -0.39 is 35.4 Å². The number of anilines is 1. The molecule has 2 aliphatic rings. The van der Waals surface area contributed by atoms with Crippen molar-refractivity contribution >= 4 is 29.2 Å². The van der Waals surface area contributed by atoms with Gasteiger partial charge in [0.15, 0.2) is 6.10 Å². The number of hydrogen-bond acceptors (Lipinski definition) is 6. The Labute approximate surface area is 212 Å². The first kappa shape index (κ1) is 25.6. The van der Waals surface area contributed by atoms with Crippen molar-refractivity contribution in [2.75, 3.05) is 32.6 Å². The topological polar surface area (TPSA) is 85.3 Å². The lowest BCUT2D eigenvalue weighted by Crippen LogP contribution is -2.41. The summed E-state index contributed by atoms with van der Waals surface area (Å²) in [5, 5.41) is 4.09. The number of carbonyl (C=O) groups excluding carboxylic acids is 3. The number of imide groups is 1. The maximum Gasteiger partial charge on any atom is 0.312 e. The Kier molecular flexibility index (Phi) is 6.51. The van der Waals surface area contributed by atoms with Crippen molar-refractivity contribution in [2.45, 2.75) is 39.9 Å². The van der Waals surface area contributed by atoms with E-state index in [1.807, 2.05) is 76.6 Å². The molecule has 0 spiro atoms. The molecule has 0 bridgehead atoms. The molecule has 0 saturated carbocycles. The number of fused-ring (bicyclic) bond motifs is 1. The molecule has 8 nitrogen and oxygen atoms in total. The van der Waals surface area contributed by atoms with E-state index in [0.717, 1.165) is 11.1 Å². The van der Waals surface area contributed by atoms with Crippen LogP contribution >= 0.6 is 0 Å². The van der Waals surface area contributed by atoms with Crippen molar-refractivity contribution in [2.24, 2.45) is 16.5 Å². The van der Waals surface area contributed by atoms with Gasteiger partial charge in [0, 0.05) is 11.1 Å². The molecule has 2 aromatic rings. The Morgan fingerprint density at radius 2 is 1.72 bits per heavy atom. The summed E-state index contributed by atoms with van der Waals surface area (Å²) in [5.41, 5.74) is 2.25. The predicted molar refractivity (Wildman–Crippen MR) is 136 cm³/mol. The van der Waals surface area contributed by atoms with Crippen molar-refractivity contribution in [1.82, 2.24) is 0 Å². The summed E-state index contributed by atoms with van der Waals surface area (Å²) in [6.07, 6.45) is -1.69.